The summed E-state index contributed by atoms with van der Waals surface area (Å²) in [6, 6.07) is 6.68. The Kier molecular flexibility index (Phi) is 6.52. The number of benzene rings is 1. The molecule has 23 heavy (non-hydrogen) atoms. The lowest BCUT2D eigenvalue weighted by Gasteiger charge is -2.13. The van der Waals surface area contributed by atoms with Gasteiger partial charge in [-0.15, -0.1) is 10.2 Å². The second-order valence-electron chi connectivity index (χ2n) is 4.93. The SMILES string of the molecule is COCCCn1cnnc1CNC(=O)[C@@H](O)c1ccccc1Cl. The van der Waals surface area contributed by atoms with E-state index in [-0.39, 0.29) is 6.54 Å². The topological polar surface area (TPSA) is 89.3 Å². The van der Waals surface area contributed by atoms with Crippen LogP contribution in [0.4, 0.5) is 0 Å². The first-order valence-electron chi connectivity index (χ1n) is 7.19. The average Bonchev–Trinajstić information content (AvgIpc) is 3.00. The molecule has 8 heteroatoms. The number of aromatic nitrogens is 3. The van der Waals surface area contributed by atoms with Crippen molar-refractivity contribution in [2.24, 2.45) is 0 Å². The van der Waals surface area contributed by atoms with E-state index in [0.717, 1.165) is 6.42 Å². The Morgan fingerprint density at radius 2 is 2.26 bits per heavy atom. The number of nitrogens with zero attached hydrogens (tertiary/aromatic N) is 3. The van der Waals surface area contributed by atoms with Crippen LogP contribution in [-0.4, -0.2) is 39.5 Å². The first-order valence-corrected chi connectivity index (χ1v) is 7.57. The highest BCUT2D eigenvalue weighted by molar-refractivity contribution is 6.31. The Hall–Kier alpha value is -1.96. The minimum absolute atomic E-state index is 0.174. The molecule has 1 aromatic heterocycles. The fourth-order valence-electron chi connectivity index (χ4n) is 2.08. The number of halogens is 1. The summed E-state index contributed by atoms with van der Waals surface area (Å²) < 4.78 is 6.83. The van der Waals surface area contributed by atoms with E-state index in [0.29, 0.717) is 29.6 Å². The Labute approximate surface area is 139 Å². The molecule has 2 rings (SSSR count). The molecule has 0 spiro atoms. The maximum absolute atomic E-state index is 12.1. The van der Waals surface area contributed by atoms with Gasteiger partial charge in [0.2, 0.25) is 0 Å². The van der Waals surface area contributed by atoms with Crippen molar-refractivity contribution in [3.8, 4) is 0 Å². The largest absolute Gasteiger partial charge is 0.385 e. The maximum Gasteiger partial charge on any atom is 0.253 e. The predicted molar refractivity (Wildman–Crippen MR) is 84.8 cm³/mol. The van der Waals surface area contributed by atoms with Crippen LogP contribution >= 0.6 is 11.6 Å². The van der Waals surface area contributed by atoms with Crippen LogP contribution in [0.1, 0.15) is 23.9 Å². The van der Waals surface area contributed by atoms with Crippen molar-refractivity contribution in [3.63, 3.8) is 0 Å². The van der Waals surface area contributed by atoms with Crippen molar-refractivity contribution in [2.75, 3.05) is 13.7 Å². The molecule has 0 saturated heterocycles. The van der Waals surface area contributed by atoms with Gasteiger partial charge in [-0.25, -0.2) is 0 Å². The first kappa shape index (κ1) is 17.4. The molecule has 0 aliphatic rings. The smallest absolute Gasteiger partial charge is 0.253 e. The van der Waals surface area contributed by atoms with Crippen LogP contribution in [0.5, 0.6) is 0 Å². The van der Waals surface area contributed by atoms with E-state index in [1.165, 1.54) is 0 Å². The normalized spacial score (nSPS) is 12.1. The Morgan fingerprint density at radius 1 is 1.48 bits per heavy atom. The number of carbonyl (C=O) groups is 1. The molecule has 124 valence electrons. The minimum atomic E-state index is -1.33. The number of rotatable bonds is 8. The van der Waals surface area contributed by atoms with Gasteiger partial charge < -0.3 is 19.7 Å². The van der Waals surface area contributed by atoms with Gasteiger partial charge in [0.25, 0.3) is 5.91 Å². The maximum atomic E-state index is 12.1. The van der Waals surface area contributed by atoms with Crippen molar-refractivity contribution in [3.05, 3.63) is 47.0 Å². The van der Waals surface area contributed by atoms with Gasteiger partial charge in [0.1, 0.15) is 6.33 Å². The van der Waals surface area contributed by atoms with Crippen LogP contribution in [0.15, 0.2) is 30.6 Å². The summed E-state index contributed by atoms with van der Waals surface area (Å²) in [6.45, 7) is 1.50. The zero-order valence-electron chi connectivity index (χ0n) is 12.8. The molecule has 0 unspecified atom stereocenters. The molecule has 1 amide bonds. The van der Waals surface area contributed by atoms with Crippen LogP contribution in [0.3, 0.4) is 0 Å². The highest BCUT2D eigenvalue weighted by atomic mass is 35.5. The number of carbonyl (C=O) groups excluding carboxylic acids is 1. The highest BCUT2D eigenvalue weighted by Crippen LogP contribution is 2.22. The molecule has 0 aliphatic heterocycles. The van der Waals surface area contributed by atoms with E-state index in [1.807, 2.05) is 4.57 Å². The molecule has 1 atom stereocenters. The standard InChI is InChI=1S/C15H19ClN4O3/c1-23-8-4-7-20-10-18-19-13(20)9-17-15(22)14(21)11-5-2-3-6-12(11)16/h2-3,5-6,10,14,21H,4,7-9H2,1H3,(H,17,22)/t14-/m0/s1. The number of nitrogens with one attached hydrogen (secondary N) is 1. The summed E-state index contributed by atoms with van der Waals surface area (Å²) in [5.41, 5.74) is 0.369. The fraction of sp³-hybridized carbons (Fsp3) is 0.400. The van der Waals surface area contributed by atoms with Crippen LogP contribution in [-0.2, 0) is 22.6 Å². The van der Waals surface area contributed by atoms with E-state index in [9.17, 15) is 9.90 Å². The number of hydrogen-bond acceptors (Lipinski definition) is 5. The first-order chi connectivity index (χ1) is 11.1. The quantitative estimate of drug-likeness (QED) is 0.708. The molecule has 0 bridgehead atoms. The third kappa shape index (κ3) is 4.75. The van der Waals surface area contributed by atoms with Gasteiger partial charge in [-0.3, -0.25) is 4.79 Å². The van der Waals surface area contributed by atoms with Gasteiger partial charge in [-0.1, -0.05) is 29.8 Å². The Morgan fingerprint density at radius 3 is 3.00 bits per heavy atom. The zero-order valence-corrected chi connectivity index (χ0v) is 13.5. The van der Waals surface area contributed by atoms with Crippen molar-refractivity contribution < 1.29 is 14.6 Å². The van der Waals surface area contributed by atoms with Crippen molar-refractivity contribution >= 4 is 17.5 Å². The molecular formula is C15H19ClN4O3. The molecular weight excluding hydrogens is 320 g/mol. The van der Waals surface area contributed by atoms with Gasteiger partial charge in [-0.2, -0.15) is 0 Å². The number of ether oxygens (including phenoxy) is 1. The van der Waals surface area contributed by atoms with Crippen LogP contribution in [0.25, 0.3) is 0 Å². The summed E-state index contributed by atoms with van der Waals surface area (Å²) in [5, 5.41) is 20.9. The lowest BCUT2D eigenvalue weighted by molar-refractivity contribution is -0.129. The van der Waals surface area contributed by atoms with Crippen LogP contribution in [0.2, 0.25) is 5.02 Å². The second-order valence-corrected chi connectivity index (χ2v) is 5.34. The third-order valence-corrected chi connectivity index (χ3v) is 3.66. The van der Waals surface area contributed by atoms with Gasteiger partial charge in [0.15, 0.2) is 11.9 Å². The summed E-state index contributed by atoms with van der Waals surface area (Å²) in [4.78, 5) is 12.1. The minimum Gasteiger partial charge on any atom is -0.385 e. The molecule has 7 nitrogen and oxygen atoms in total. The lowest BCUT2D eigenvalue weighted by atomic mass is 10.1. The molecule has 0 fully saturated rings. The zero-order chi connectivity index (χ0) is 16.7. The van der Waals surface area contributed by atoms with E-state index >= 15 is 0 Å². The number of amides is 1. The number of aryl methyl sites for hydroxylation is 1. The average molecular weight is 339 g/mol. The molecule has 1 heterocycles. The molecule has 1 aromatic carbocycles. The number of hydrogen-bond donors (Lipinski definition) is 2. The molecule has 0 saturated carbocycles. The predicted octanol–water partition coefficient (Wildman–Crippen LogP) is 1.32. The van der Waals surface area contributed by atoms with E-state index in [1.54, 1.807) is 37.7 Å². The summed E-state index contributed by atoms with van der Waals surface area (Å²) in [5.74, 6) is 0.0744. The van der Waals surface area contributed by atoms with Gasteiger partial charge in [-0.05, 0) is 12.5 Å². The van der Waals surface area contributed by atoms with Crippen molar-refractivity contribution in [1.82, 2.24) is 20.1 Å². The van der Waals surface area contributed by atoms with E-state index in [4.69, 9.17) is 16.3 Å². The van der Waals surface area contributed by atoms with E-state index in [2.05, 4.69) is 15.5 Å². The summed E-state index contributed by atoms with van der Waals surface area (Å²) >= 11 is 5.98. The molecule has 2 aromatic rings. The molecule has 0 aliphatic carbocycles. The third-order valence-electron chi connectivity index (χ3n) is 3.31. The number of methoxy groups -OCH3 is 1. The second kappa shape index (κ2) is 8.61. The monoisotopic (exact) mass is 338 g/mol. The van der Waals surface area contributed by atoms with E-state index < -0.39 is 12.0 Å². The van der Waals surface area contributed by atoms with Crippen LogP contribution < -0.4 is 5.32 Å². The highest BCUT2D eigenvalue weighted by Gasteiger charge is 2.20. The summed E-state index contributed by atoms with van der Waals surface area (Å²) in [6.07, 6.45) is 1.09. The van der Waals surface area contributed by atoms with Gasteiger partial charge in [0.05, 0.1) is 6.54 Å². The van der Waals surface area contributed by atoms with Crippen molar-refractivity contribution in [2.45, 2.75) is 25.6 Å². The van der Waals surface area contributed by atoms with Crippen molar-refractivity contribution in [1.29, 1.82) is 0 Å². The lowest BCUT2D eigenvalue weighted by Crippen LogP contribution is -2.30. The van der Waals surface area contributed by atoms with Gasteiger partial charge >= 0.3 is 0 Å². The summed E-state index contributed by atoms with van der Waals surface area (Å²) in [7, 11) is 1.64. The molecule has 2 N–H and O–H groups in total. The molecule has 0 radical (unpaired) electrons. The number of aliphatic hydroxyl groups excluding tert-OH is 1. The van der Waals surface area contributed by atoms with Crippen LogP contribution in [0, 0.1) is 0 Å². The fourth-order valence-corrected chi connectivity index (χ4v) is 2.32. The Balaban J connectivity index is 1.92. The Bertz CT molecular complexity index is 647. The number of aliphatic hydroxyl groups is 1. The van der Waals surface area contributed by atoms with Gasteiger partial charge in [0, 0.05) is 30.8 Å².